The van der Waals surface area contributed by atoms with Crippen molar-refractivity contribution in [3.05, 3.63) is 28.8 Å². The van der Waals surface area contributed by atoms with E-state index in [4.69, 9.17) is 9.47 Å². The van der Waals surface area contributed by atoms with Crippen molar-refractivity contribution >= 4 is 11.7 Å². The van der Waals surface area contributed by atoms with E-state index in [1.165, 1.54) is 44.8 Å². The summed E-state index contributed by atoms with van der Waals surface area (Å²) in [5.74, 6) is 1.02. The Hall–Kier alpha value is -1.55. The highest BCUT2D eigenvalue weighted by molar-refractivity contribution is 5.93. The first kappa shape index (κ1) is 15.9. The van der Waals surface area contributed by atoms with E-state index in [0.29, 0.717) is 17.5 Å². The van der Waals surface area contributed by atoms with Gasteiger partial charge in [-0.15, -0.1) is 0 Å². The number of nitrogens with one attached hydrogen (secondary N) is 1. The third-order valence-electron chi connectivity index (χ3n) is 6.26. The van der Waals surface area contributed by atoms with Crippen molar-refractivity contribution in [1.29, 1.82) is 0 Å². The van der Waals surface area contributed by atoms with E-state index in [0.717, 1.165) is 30.2 Å². The normalized spacial score (nSPS) is 29.5. The molecule has 1 N–H and O–H groups in total. The fourth-order valence-electron chi connectivity index (χ4n) is 5.04. The molecular formula is C20H27NO3. The van der Waals surface area contributed by atoms with Gasteiger partial charge >= 0.3 is 5.97 Å². The Kier molecular flexibility index (Phi) is 4.25. The van der Waals surface area contributed by atoms with E-state index in [1.807, 2.05) is 13.0 Å². The zero-order valence-corrected chi connectivity index (χ0v) is 14.6. The number of hydrogen-bond acceptors (Lipinski definition) is 4. The molecule has 130 valence electrons. The highest BCUT2D eigenvalue weighted by Crippen LogP contribution is 2.49. The van der Waals surface area contributed by atoms with E-state index in [9.17, 15) is 4.79 Å². The summed E-state index contributed by atoms with van der Waals surface area (Å²) in [5, 5.41) is 3.84. The van der Waals surface area contributed by atoms with Gasteiger partial charge in [-0.1, -0.05) is 18.9 Å². The summed E-state index contributed by atoms with van der Waals surface area (Å²) in [4.78, 5) is 12.1. The summed E-state index contributed by atoms with van der Waals surface area (Å²) in [5.41, 5.74) is 3.98. The molecule has 0 amide bonds. The third kappa shape index (κ3) is 2.52. The number of esters is 1. The highest BCUT2D eigenvalue weighted by atomic mass is 16.5. The maximum absolute atomic E-state index is 12.1. The molecule has 1 aliphatic carbocycles. The molecule has 2 fully saturated rings. The third-order valence-corrected chi connectivity index (χ3v) is 6.26. The molecule has 0 radical (unpaired) electrons. The van der Waals surface area contributed by atoms with Crippen LogP contribution in [0.3, 0.4) is 0 Å². The van der Waals surface area contributed by atoms with E-state index < -0.39 is 0 Å². The number of fused-ring (bicyclic) bond motifs is 3. The van der Waals surface area contributed by atoms with Crippen LogP contribution in [-0.4, -0.2) is 25.7 Å². The van der Waals surface area contributed by atoms with E-state index >= 15 is 0 Å². The Labute approximate surface area is 143 Å². The van der Waals surface area contributed by atoms with Crippen molar-refractivity contribution in [2.24, 2.45) is 11.8 Å². The minimum atomic E-state index is -0.263. The van der Waals surface area contributed by atoms with Crippen LogP contribution in [0.5, 0.6) is 0 Å². The Balaban J connectivity index is 1.76. The monoisotopic (exact) mass is 329 g/mol. The second-order valence-corrected chi connectivity index (χ2v) is 7.51. The standard InChI is InChI=1S/C20H27NO3/c1-12-14(20(22)23-2)9-10-16-17(12)21-18(13-6-3-4-7-13)15-8-5-11-24-19(15)16/h9-10,13,15,18-19,21H,3-8,11H2,1-2H3. The first-order valence-corrected chi connectivity index (χ1v) is 9.30. The zero-order valence-electron chi connectivity index (χ0n) is 14.6. The molecule has 2 heterocycles. The van der Waals surface area contributed by atoms with Gasteiger partial charge in [0.1, 0.15) is 0 Å². The van der Waals surface area contributed by atoms with Gasteiger partial charge in [-0.2, -0.15) is 0 Å². The number of rotatable bonds is 2. The molecule has 2 aliphatic heterocycles. The molecule has 4 heteroatoms. The SMILES string of the molecule is COC(=O)c1ccc2c(c1C)NC(C1CCCC1)C1CCCOC21. The molecule has 4 nitrogen and oxygen atoms in total. The smallest absolute Gasteiger partial charge is 0.338 e. The van der Waals surface area contributed by atoms with Crippen LogP contribution >= 0.6 is 0 Å². The first-order chi connectivity index (χ1) is 11.7. The molecule has 1 saturated heterocycles. The van der Waals surface area contributed by atoms with Crippen LogP contribution in [0.25, 0.3) is 0 Å². The van der Waals surface area contributed by atoms with Crippen LogP contribution < -0.4 is 5.32 Å². The van der Waals surface area contributed by atoms with Crippen molar-refractivity contribution in [2.75, 3.05) is 19.0 Å². The van der Waals surface area contributed by atoms with E-state index in [-0.39, 0.29) is 12.1 Å². The minimum Gasteiger partial charge on any atom is -0.465 e. The van der Waals surface area contributed by atoms with Gasteiger partial charge < -0.3 is 14.8 Å². The summed E-state index contributed by atoms with van der Waals surface area (Å²) < 4.78 is 11.2. The average Bonchev–Trinajstić information content (AvgIpc) is 3.15. The van der Waals surface area contributed by atoms with Gasteiger partial charge in [0.25, 0.3) is 0 Å². The molecule has 0 spiro atoms. The van der Waals surface area contributed by atoms with E-state index in [2.05, 4.69) is 11.4 Å². The quantitative estimate of drug-likeness (QED) is 0.825. The predicted molar refractivity (Wildman–Crippen MR) is 93.3 cm³/mol. The van der Waals surface area contributed by atoms with Crippen LogP contribution in [0, 0.1) is 18.8 Å². The van der Waals surface area contributed by atoms with Crippen LogP contribution in [0.4, 0.5) is 5.69 Å². The number of benzene rings is 1. The number of carbonyl (C=O) groups excluding carboxylic acids is 1. The molecule has 4 rings (SSSR count). The van der Waals surface area contributed by atoms with Gasteiger partial charge in [0.05, 0.1) is 18.8 Å². The predicted octanol–water partition coefficient (Wildman–Crippen LogP) is 4.23. The molecule has 3 aliphatic rings. The van der Waals surface area contributed by atoms with Crippen LogP contribution in [0.15, 0.2) is 12.1 Å². The van der Waals surface area contributed by atoms with Gasteiger partial charge in [0.2, 0.25) is 0 Å². The van der Waals surface area contributed by atoms with E-state index in [1.54, 1.807) is 0 Å². The molecule has 1 aromatic rings. The van der Waals surface area contributed by atoms with Crippen molar-refractivity contribution in [3.8, 4) is 0 Å². The largest absolute Gasteiger partial charge is 0.465 e. The Morgan fingerprint density at radius 2 is 2.00 bits per heavy atom. The number of hydrogen-bond donors (Lipinski definition) is 1. The molecule has 1 saturated carbocycles. The lowest BCUT2D eigenvalue weighted by Gasteiger charge is -2.46. The number of anilines is 1. The van der Waals surface area contributed by atoms with Crippen molar-refractivity contribution in [2.45, 2.75) is 57.6 Å². The maximum Gasteiger partial charge on any atom is 0.338 e. The lowest BCUT2D eigenvalue weighted by molar-refractivity contribution is -0.0437. The lowest BCUT2D eigenvalue weighted by atomic mass is 9.74. The van der Waals surface area contributed by atoms with Gasteiger partial charge in [-0.05, 0) is 50.2 Å². The number of ether oxygens (including phenoxy) is 2. The first-order valence-electron chi connectivity index (χ1n) is 9.30. The molecule has 0 bridgehead atoms. The average molecular weight is 329 g/mol. The maximum atomic E-state index is 12.1. The second kappa shape index (κ2) is 6.40. The summed E-state index contributed by atoms with van der Waals surface area (Å²) in [6, 6.07) is 4.43. The second-order valence-electron chi connectivity index (χ2n) is 7.51. The van der Waals surface area contributed by atoms with Gasteiger partial charge in [0, 0.05) is 29.8 Å². The highest BCUT2D eigenvalue weighted by Gasteiger charge is 2.43. The molecule has 1 aromatic carbocycles. The Bertz CT molecular complexity index is 636. The minimum absolute atomic E-state index is 0.172. The van der Waals surface area contributed by atoms with Crippen LogP contribution in [0.1, 0.15) is 66.1 Å². The Morgan fingerprint density at radius 3 is 2.75 bits per heavy atom. The Morgan fingerprint density at radius 1 is 1.21 bits per heavy atom. The van der Waals surface area contributed by atoms with Crippen molar-refractivity contribution in [1.82, 2.24) is 0 Å². The molecule has 3 atom stereocenters. The fraction of sp³-hybridized carbons (Fsp3) is 0.650. The van der Waals surface area contributed by atoms with Gasteiger partial charge in [-0.25, -0.2) is 4.79 Å². The molecule has 24 heavy (non-hydrogen) atoms. The summed E-state index contributed by atoms with van der Waals surface area (Å²) in [7, 11) is 1.44. The summed E-state index contributed by atoms with van der Waals surface area (Å²) in [6.07, 6.45) is 7.87. The van der Waals surface area contributed by atoms with Crippen LogP contribution in [-0.2, 0) is 9.47 Å². The number of carbonyl (C=O) groups is 1. The van der Waals surface area contributed by atoms with Crippen molar-refractivity contribution in [3.63, 3.8) is 0 Å². The lowest BCUT2D eigenvalue weighted by Crippen LogP contribution is -2.45. The van der Waals surface area contributed by atoms with Crippen LogP contribution in [0.2, 0.25) is 0 Å². The number of methoxy groups -OCH3 is 1. The summed E-state index contributed by atoms with van der Waals surface area (Å²) in [6.45, 7) is 2.86. The molecular weight excluding hydrogens is 302 g/mol. The van der Waals surface area contributed by atoms with Crippen molar-refractivity contribution < 1.29 is 14.3 Å². The topological polar surface area (TPSA) is 47.6 Å². The molecule has 0 aromatic heterocycles. The van der Waals surface area contributed by atoms with Gasteiger partial charge in [0.15, 0.2) is 0 Å². The van der Waals surface area contributed by atoms with Gasteiger partial charge in [-0.3, -0.25) is 0 Å². The summed E-state index contributed by atoms with van der Waals surface area (Å²) >= 11 is 0. The molecule has 3 unspecified atom stereocenters. The zero-order chi connectivity index (χ0) is 16.7. The fourth-order valence-corrected chi connectivity index (χ4v) is 5.04.